The van der Waals surface area contributed by atoms with Crippen molar-refractivity contribution in [1.82, 2.24) is 0 Å². The maximum atomic E-state index is 8.83. The van der Waals surface area contributed by atoms with Crippen LogP contribution in [-0.4, -0.2) is 50.4 Å². The van der Waals surface area contributed by atoms with Crippen molar-refractivity contribution in [1.29, 1.82) is 0 Å². The molecular formula is C9H23ClNO5+. The summed E-state index contributed by atoms with van der Waals surface area (Å²) in [5.41, 5.74) is -0.00347. The Morgan fingerprint density at radius 1 is 1.12 bits per heavy atom. The SMILES string of the molecule is CC1(C)C[N+](C)(C)C(C)(C)O1.[O-][Cl+](O)(O)O. The Hall–Kier alpha value is 0.0500. The molecule has 0 aromatic carbocycles. The molecule has 3 N–H and O–H groups in total. The van der Waals surface area contributed by atoms with Gasteiger partial charge in [-0.05, 0) is 13.8 Å². The molecule has 1 rings (SSSR count). The van der Waals surface area contributed by atoms with E-state index in [9.17, 15) is 0 Å². The Bertz CT molecular complexity index is 223. The van der Waals surface area contributed by atoms with Crippen molar-refractivity contribution >= 4 is 0 Å². The monoisotopic (exact) mass is 260 g/mol. The van der Waals surface area contributed by atoms with Gasteiger partial charge in [0.05, 0.1) is 14.1 Å². The predicted molar refractivity (Wildman–Crippen MR) is 52.9 cm³/mol. The van der Waals surface area contributed by atoms with Crippen molar-refractivity contribution in [2.75, 3.05) is 20.6 Å². The van der Waals surface area contributed by atoms with Crippen LogP contribution in [0.2, 0.25) is 0 Å². The van der Waals surface area contributed by atoms with E-state index in [0.717, 1.165) is 11.0 Å². The summed E-state index contributed by atoms with van der Waals surface area (Å²) in [4.78, 5) is 0. The zero-order chi connectivity index (χ0) is 13.4. The number of hydrogen-bond acceptors (Lipinski definition) is 5. The van der Waals surface area contributed by atoms with Crippen LogP contribution in [0.5, 0.6) is 0 Å². The van der Waals surface area contributed by atoms with E-state index in [-0.39, 0.29) is 11.3 Å². The molecule has 1 aliphatic heterocycles. The molecule has 0 bridgehead atoms. The number of halogens is 1. The van der Waals surface area contributed by atoms with Gasteiger partial charge in [0.2, 0.25) is 0 Å². The van der Waals surface area contributed by atoms with Gasteiger partial charge >= 0.3 is 28.9 Å². The Morgan fingerprint density at radius 3 is 1.50 bits per heavy atom. The second-order valence-corrected chi connectivity index (χ2v) is 6.45. The fourth-order valence-electron chi connectivity index (χ4n) is 1.97. The summed E-state index contributed by atoms with van der Waals surface area (Å²) in [6.45, 7) is 9.70. The minimum atomic E-state index is -4.19. The molecule has 0 spiro atoms. The molecule has 16 heavy (non-hydrogen) atoms. The van der Waals surface area contributed by atoms with Crippen LogP contribution in [0, 0.1) is 10.2 Å². The maximum absolute atomic E-state index is 8.83. The molecule has 1 aliphatic rings. The molecule has 1 fully saturated rings. The van der Waals surface area contributed by atoms with Gasteiger partial charge < -0.3 is 4.74 Å². The summed E-state index contributed by atoms with van der Waals surface area (Å²) >= 11 is 0. The van der Waals surface area contributed by atoms with E-state index in [1.54, 1.807) is 0 Å². The third-order valence-electron chi connectivity index (χ3n) is 2.76. The summed E-state index contributed by atoms with van der Waals surface area (Å²) < 4.78 is 37.1. The average Bonchev–Trinajstić information content (AvgIpc) is 1.86. The summed E-state index contributed by atoms with van der Waals surface area (Å²) in [5.74, 6) is 0. The van der Waals surface area contributed by atoms with Gasteiger partial charge in [0.1, 0.15) is 12.1 Å². The van der Waals surface area contributed by atoms with E-state index in [2.05, 4.69) is 41.8 Å². The Labute approximate surface area is 98.4 Å². The van der Waals surface area contributed by atoms with Crippen LogP contribution >= 0.6 is 0 Å². The molecule has 0 amide bonds. The number of rotatable bonds is 0. The third-order valence-corrected chi connectivity index (χ3v) is 2.76. The molecule has 0 aromatic heterocycles. The normalized spacial score (nSPS) is 26.9. The molecule has 1 heterocycles. The molecular weight excluding hydrogens is 238 g/mol. The quantitative estimate of drug-likeness (QED) is 0.473. The number of ether oxygens (including phenoxy) is 1. The van der Waals surface area contributed by atoms with Crippen LogP contribution in [0.3, 0.4) is 0 Å². The van der Waals surface area contributed by atoms with Gasteiger partial charge in [-0.3, -0.25) is 4.48 Å². The molecule has 7 heteroatoms. The van der Waals surface area contributed by atoms with Gasteiger partial charge in [-0.25, -0.2) is 0 Å². The number of nitrogens with zero attached hydrogens (tertiary/aromatic N) is 1. The standard InChI is InChI=1S/C9H20NO.ClH3O4/c1-8(2)7-10(5,6)9(3,4)11-8;2-1(3,4)5/h7H2,1-6H3;2-4H/q+1;. The third kappa shape index (κ3) is 5.40. The van der Waals surface area contributed by atoms with Gasteiger partial charge in [0, 0.05) is 13.8 Å². The van der Waals surface area contributed by atoms with Crippen molar-refractivity contribution in [3.8, 4) is 0 Å². The molecule has 0 atom stereocenters. The molecule has 0 aromatic rings. The van der Waals surface area contributed by atoms with Crippen LogP contribution in [0.15, 0.2) is 0 Å². The van der Waals surface area contributed by atoms with E-state index < -0.39 is 10.2 Å². The molecule has 0 radical (unpaired) electrons. The van der Waals surface area contributed by atoms with Crippen molar-refractivity contribution in [2.24, 2.45) is 0 Å². The Morgan fingerprint density at radius 2 is 1.44 bits per heavy atom. The Balaban J connectivity index is 0.000000385. The minimum absolute atomic E-state index is 0.0347. The molecule has 1 saturated heterocycles. The molecule has 0 unspecified atom stereocenters. The molecule has 6 nitrogen and oxygen atoms in total. The first kappa shape index (κ1) is 16.1. The molecule has 100 valence electrons. The predicted octanol–water partition coefficient (Wildman–Crippen LogP) is -1.25. The van der Waals surface area contributed by atoms with E-state index in [1.165, 1.54) is 0 Å². The van der Waals surface area contributed by atoms with E-state index >= 15 is 0 Å². The summed E-state index contributed by atoms with van der Waals surface area (Å²) in [6.07, 6.45) is 0. The van der Waals surface area contributed by atoms with Crippen molar-refractivity contribution in [2.45, 2.75) is 39.0 Å². The molecule has 0 aliphatic carbocycles. The summed E-state index contributed by atoms with van der Waals surface area (Å²) in [6, 6.07) is 0. The van der Waals surface area contributed by atoms with Gasteiger partial charge in [0.25, 0.3) is 0 Å². The first-order valence-corrected chi connectivity index (χ1v) is 6.18. The average molecular weight is 261 g/mol. The van der Waals surface area contributed by atoms with Crippen LogP contribution < -0.4 is 4.66 Å². The van der Waals surface area contributed by atoms with Crippen molar-refractivity contribution in [3.05, 3.63) is 0 Å². The second kappa shape index (κ2) is 4.38. The van der Waals surface area contributed by atoms with Crippen LogP contribution in [0.25, 0.3) is 0 Å². The summed E-state index contributed by atoms with van der Waals surface area (Å²) in [5, 5.41) is 0. The summed E-state index contributed by atoms with van der Waals surface area (Å²) in [7, 11) is 0.240. The second-order valence-electron chi connectivity index (χ2n) is 5.59. The van der Waals surface area contributed by atoms with Crippen molar-refractivity contribution in [3.63, 3.8) is 0 Å². The fourth-order valence-corrected chi connectivity index (χ4v) is 1.97. The first-order valence-electron chi connectivity index (χ1n) is 4.86. The van der Waals surface area contributed by atoms with Gasteiger partial charge in [-0.15, -0.1) is 0 Å². The number of likely N-dealkylation sites (N-methyl/N-ethyl adjacent to an activating group) is 1. The zero-order valence-electron chi connectivity index (χ0n) is 10.7. The fraction of sp³-hybridized carbons (Fsp3) is 1.00. The van der Waals surface area contributed by atoms with Gasteiger partial charge in [0.15, 0.2) is 5.72 Å². The van der Waals surface area contributed by atoms with Crippen molar-refractivity contribution < 1.29 is 38.1 Å². The van der Waals surface area contributed by atoms with E-state index in [1.807, 2.05) is 0 Å². The first-order chi connectivity index (χ1) is 6.66. The zero-order valence-corrected chi connectivity index (χ0v) is 11.4. The van der Waals surface area contributed by atoms with Crippen LogP contribution in [0.4, 0.5) is 0 Å². The van der Waals surface area contributed by atoms with Crippen LogP contribution in [0.1, 0.15) is 27.7 Å². The topological polar surface area (TPSA) is 93.0 Å². The Kier molecular flexibility index (Phi) is 4.39. The van der Waals surface area contributed by atoms with E-state index in [4.69, 9.17) is 23.4 Å². The van der Waals surface area contributed by atoms with Gasteiger partial charge in [-0.1, -0.05) is 0 Å². The van der Waals surface area contributed by atoms with Crippen LogP contribution in [-0.2, 0) is 4.74 Å². The number of hydrogen-bond donors (Lipinski definition) is 3. The number of quaternary nitrogens is 1. The van der Waals surface area contributed by atoms with E-state index in [0.29, 0.717) is 0 Å². The molecule has 0 saturated carbocycles. The van der Waals surface area contributed by atoms with Gasteiger partial charge in [-0.2, -0.15) is 0 Å².